The van der Waals surface area contributed by atoms with E-state index in [1.165, 1.54) is 12.1 Å². The second kappa shape index (κ2) is 7.68. The highest BCUT2D eigenvalue weighted by atomic mass is 19.1. The van der Waals surface area contributed by atoms with Crippen molar-refractivity contribution in [2.24, 2.45) is 0 Å². The molecule has 5 nitrogen and oxygen atoms in total. The van der Waals surface area contributed by atoms with Gasteiger partial charge in [-0.3, -0.25) is 4.90 Å². The molecule has 136 valence electrons. The summed E-state index contributed by atoms with van der Waals surface area (Å²) in [6.45, 7) is 2.61. The van der Waals surface area contributed by atoms with Gasteiger partial charge in [-0.25, -0.2) is 4.39 Å². The van der Waals surface area contributed by atoms with Crippen molar-refractivity contribution in [1.82, 2.24) is 15.1 Å². The lowest BCUT2D eigenvalue weighted by Crippen LogP contribution is -2.32. The third kappa shape index (κ3) is 3.88. The third-order valence-electron chi connectivity index (χ3n) is 5.00. The molecule has 1 aliphatic heterocycles. The zero-order valence-corrected chi connectivity index (χ0v) is 14.8. The van der Waals surface area contributed by atoms with Crippen LogP contribution >= 0.6 is 0 Å². The number of nitriles is 1. The Morgan fingerprint density at radius 2 is 1.81 bits per heavy atom. The van der Waals surface area contributed by atoms with E-state index >= 15 is 0 Å². The van der Waals surface area contributed by atoms with Gasteiger partial charge in [0.05, 0.1) is 11.6 Å². The topological polar surface area (TPSA) is 66.0 Å². The monoisotopic (exact) mass is 362 g/mol. The van der Waals surface area contributed by atoms with Crippen molar-refractivity contribution in [1.29, 1.82) is 5.26 Å². The van der Waals surface area contributed by atoms with Crippen LogP contribution in [0.1, 0.15) is 35.8 Å². The van der Waals surface area contributed by atoms with E-state index < -0.39 is 0 Å². The van der Waals surface area contributed by atoms with Crippen molar-refractivity contribution >= 4 is 0 Å². The van der Waals surface area contributed by atoms with Gasteiger partial charge in [0.2, 0.25) is 11.8 Å². The number of hydrogen-bond acceptors (Lipinski definition) is 5. The molecular formula is C21H19FN4O. The predicted octanol–water partition coefficient (Wildman–Crippen LogP) is 4.13. The summed E-state index contributed by atoms with van der Waals surface area (Å²) in [7, 11) is 0. The van der Waals surface area contributed by atoms with Gasteiger partial charge in [0, 0.05) is 18.0 Å². The molecule has 1 fully saturated rings. The molecule has 0 aliphatic carbocycles. The van der Waals surface area contributed by atoms with Gasteiger partial charge < -0.3 is 4.42 Å². The van der Waals surface area contributed by atoms with Gasteiger partial charge in [-0.2, -0.15) is 5.26 Å². The van der Waals surface area contributed by atoms with Crippen LogP contribution in [-0.2, 0) is 6.54 Å². The molecule has 1 aromatic heterocycles. The highest BCUT2D eigenvalue weighted by molar-refractivity contribution is 5.52. The molecule has 0 radical (unpaired) electrons. The molecular weight excluding hydrogens is 343 g/mol. The van der Waals surface area contributed by atoms with E-state index in [2.05, 4.69) is 21.2 Å². The van der Waals surface area contributed by atoms with Crippen LogP contribution in [0, 0.1) is 17.1 Å². The van der Waals surface area contributed by atoms with E-state index in [1.807, 2.05) is 24.3 Å². The van der Waals surface area contributed by atoms with Crippen LogP contribution in [-0.4, -0.2) is 28.2 Å². The van der Waals surface area contributed by atoms with E-state index in [9.17, 15) is 9.65 Å². The molecule has 4 rings (SSSR count). The molecule has 1 saturated heterocycles. The minimum Gasteiger partial charge on any atom is -0.420 e. The molecule has 2 heterocycles. The summed E-state index contributed by atoms with van der Waals surface area (Å²) in [6, 6.07) is 16.0. The van der Waals surface area contributed by atoms with Crippen molar-refractivity contribution in [3.8, 4) is 17.5 Å². The smallest absolute Gasteiger partial charge is 0.247 e. The van der Waals surface area contributed by atoms with E-state index in [0.29, 0.717) is 11.8 Å². The molecule has 2 aromatic carbocycles. The fourth-order valence-electron chi connectivity index (χ4n) is 3.45. The second-order valence-electron chi connectivity index (χ2n) is 6.77. The number of nitrogens with zero attached hydrogens (tertiary/aromatic N) is 4. The van der Waals surface area contributed by atoms with Crippen molar-refractivity contribution in [2.75, 3.05) is 13.1 Å². The highest BCUT2D eigenvalue weighted by Gasteiger charge is 2.25. The largest absolute Gasteiger partial charge is 0.420 e. The number of benzene rings is 2. The third-order valence-corrected chi connectivity index (χ3v) is 5.00. The van der Waals surface area contributed by atoms with Gasteiger partial charge in [-0.05, 0) is 61.8 Å². The second-order valence-corrected chi connectivity index (χ2v) is 6.77. The van der Waals surface area contributed by atoms with Gasteiger partial charge in [-0.15, -0.1) is 10.2 Å². The number of rotatable bonds is 4. The average molecular weight is 362 g/mol. The maximum Gasteiger partial charge on any atom is 0.247 e. The lowest BCUT2D eigenvalue weighted by Gasteiger charge is -2.30. The van der Waals surface area contributed by atoms with Gasteiger partial charge in [0.15, 0.2) is 0 Å². The number of hydrogen-bond donors (Lipinski definition) is 0. The van der Waals surface area contributed by atoms with Crippen LogP contribution in [0.25, 0.3) is 11.5 Å². The summed E-state index contributed by atoms with van der Waals surface area (Å²) in [4.78, 5) is 2.35. The first-order valence-corrected chi connectivity index (χ1v) is 9.02. The summed E-state index contributed by atoms with van der Waals surface area (Å²) in [5, 5.41) is 17.5. The summed E-state index contributed by atoms with van der Waals surface area (Å²) in [5.74, 6) is 1.01. The molecule has 0 atom stereocenters. The molecule has 0 spiro atoms. The number of halogens is 1. The number of aromatic nitrogens is 2. The Labute approximate surface area is 157 Å². The predicted molar refractivity (Wildman–Crippen MR) is 98.1 cm³/mol. The van der Waals surface area contributed by atoms with Crippen LogP contribution in [0.2, 0.25) is 0 Å². The van der Waals surface area contributed by atoms with Gasteiger partial charge in [0.1, 0.15) is 5.82 Å². The van der Waals surface area contributed by atoms with Gasteiger partial charge in [-0.1, -0.05) is 18.2 Å². The van der Waals surface area contributed by atoms with E-state index in [-0.39, 0.29) is 11.7 Å². The van der Waals surface area contributed by atoms with Crippen molar-refractivity contribution in [2.45, 2.75) is 25.3 Å². The normalized spacial score (nSPS) is 15.6. The molecule has 0 N–H and O–H groups in total. The highest BCUT2D eigenvalue weighted by Crippen LogP contribution is 2.30. The Morgan fingerprint density at radius 1 is 1.07 bits per heavy atom. The molecule has 0 bridgehead atoms. The summed E-state index contributed by atoms with van der Waals surface area (Å²) in [6.07, 6.45) is 1.86. The quantitative estimate of drug-likeness (QED) is 0.698. The minimum absolute atomic E-state index is 0.231. The molecule has 6 heteroatoms. The van der Waals surface area contributed by atoms with Crippen LogP contribution in [0.4, 0.5) is 4.39 Å². The molecule has 0 amide bonds. The van der Waals surface area contributed by atoms with Crippen LogP contribution < -0.4 is 0 Å². The van der Waals surface area contributed by atoms with Crippen molar-refractivity contribution in [3.05, 3.63) is 71.4 Å². The minimum atomic E-state index is -0.288. The standard InChI is InChI=1S/C21H19FN4O/c22-19-7-5-15(6-8-19)20-24-25-21(27-20)16-9-11-26(12-10-16)14-18-4-2-1-3-17(18)13-23/h1-8,16H,9-12,14H2. The molecule has 1 aliphatic rings. The summed E-state index contributed by atoms with van der Waals surface area (Å²) >= 11 is 0. The first kappa shape index (κ1) is 17.4. The summed E-state index contributed by atoms with van der Waals surface area (Å²) < 4.78 is 18.9. The molecule has 27 heavy (non-hydrogen) atoms. The Kier molecular flexibility index (Phi) is 4.95. The van der Waals surface area contributed by atoms with Gasteiger partial charge >= 0.3 is 0 Å². The lowest BCUT2D eigenvalue weighted by molar-refractivity contribution is 0.193. The molecule has 0 saturated carbocycles. The van der Waals surface area contributed by atoms with E-state index in [0.717, 1.165) is 49.2 Å². The van der Waals surface area contributed by atoms with Crippen molar-refractivity contribution in [3.63, 3.8) is 0 Å². The van der Waals surface area contributed by atoms with Crippen LogP contribution in [0.15, 0.2) is 52.9 Å². The SMILES string of the molecule is N#Cc1ccccc1CN1CCC(c2nnc(-c3ccc(F)cc3)o2)CC1. The zero-order valence-electron chi connectivity index (χ0n) is 14.8. The fraction of sp³-hybridized carbons (Fsp3) is 0.286. The Bertz CT molecular complexity index is 953. The maximum absolute atomic E-state index is 13.0. The lowest BCUT2D eigenvalue weighted by atomic mass is 9.96. The Hall–Kier alpha value is -3.04. The number of piperidine rings is 1. The van der Waals surface area contributed by atoms with Crippen LogP contribution in [0.3, 0.4) is 0 Å². The molecule has 0 unspecified atom stereocenters. The van der Waals surface area contributed by atoms with E-state index in [4.69, 9.17) is 4.42 Å². The zero-order chi connectivity index (χ0) is 18.6. The maximum atomic E-state index is 13.0. The van der Waals surface area contributed by atoms with Crippen LogP contribution in [0.5, 0.6) is 0 Å². The van der Waals surface area contributed by atoms with E-state index in [1.54, 1.807) is 12.1 Å². The van der Waals surface area contributed by atoms with Crippen molar-refractivity contribution < 1.29 is 8.81 Å². The number of likely N-dealkylation sites (tertiary alicyclic amines) is 1. The first-order valence-electron chi connectivity index (χ1n) is 9.02. The van der Waals surface area contributed by atoms with Gasteiger partial charge in [0.25, 0.3) is 0 Å². The fourth-order valence-corrected chi connectivity index (χ4v) is 3.45. The Morgan fingerprint density at radius 3 is 2.56 bits per heavy atom. The summed E-state index contributed by atoms with van der Waals surface area (Å²) in [5.41, 5.74) is 2.52. The first-order chi connectivity index (χ1) is 13.2. The average Bonchev–Trinajstić information content (AvgIpc) is 3.20. The molecule has 3 aromatic rings. The Balaban J connectivity index is 1.38.